The molecule has 1 heterocycles. The smallest absolute Gasteiger partial charge is 0.0944 e. The second-order valence-corrected chi connectivity index (χ2v) is 3.66. The molecule has 1 aliphatic rings. The predicted molar refractivity (Wildman–Crippen MR) is 58.9 cm³/mol. The van der Waals surface area contributed by atoms with Gasteiger partial charge in [0.1, 0.15) is 0 Å². The molecule has 74 valence electrons. The number of anilines is 1. The van der Waals surface area contributed by atoms with E-state index in [0.29, 0.717) is 5.84 Å². The lowest BCUT2D eigenvalue weighted by Crippen LogP contribution is -2.23. The molecular weight excluding hydrogens is 174 g/mol. The number of amidine groups is 1. The Morgan fingerprint density at radius 1 is 1.43 bits per heavy atom. The van der Waals surface area contributed by atoms with Gasteiger partial charge in [-0.3, -0.25) is 5.41 Å². The summed E-state index contributed by atoms with van der Waals surface area (Å²) in [7, 11) is 0. The second-order valence-electron chi connectivity index (χ2n) is 3.66. The lowest BCUT2D eigenvalue weighted by molar-refractivity contribution is 0.644. The van der Waals surface area contributed by atoms with Gasteiger partial charge in [-0.2, -0.15) is 0 Å². The number of rotatable bonds is 1. The molecule has 0 bridgehead atoms. The molecule has 0 aliphatic carbocycles. The maximum absolute atomic E-state index is 7.35. The van der Waals surface area contributed by atoms with E-state index in [0.717, 1.165) is 25.2 Å². The highest BCUT2D eigenvalue weighted by Crippen LogP contribution is 2.18. The predicted octanol–water partition coefficient (Wildman–Crippen LogP) is 1.74. The fourth-order valence-electron chi connectivity index (χ4n) is 1.77. The van der Waals surface area contributed by atoms with Crippen molar-refractivity contribution in [3.8, 4) is 0 Å². The van der Waals surface area contributed by atoms with E-state index in [-0.39, 0.29) is 0 Å². The molecule has 14 heavy (non-hydrogen) atoms. The molecule has 0 aromatic heterocycles. The first-order chi connectivity index (χ1) is 6.75. The standard InChI is InChI=1S/C11H15N3/c1-8(12)14-11-3-2-9-4-5-13-7-10(9)6-11/h2-3,6,13H,4-5,7H2,1H3,(H2,12,14). The molecule has 1 aliphatic heterocycles. The van der Waals surface area contributed by atoms with Gasteiger partial charge in [0, 0.05) is 12.2 Å². The molecule has 2 rings (SSSR count). The van der Waals surface area contributed by atoms with Crippen molar-refractivity contribution in [2.45, 2.75) is 19.9 Å². The molecule has 1 aromatic carbocycles. The van der Waals surface area contributed by atoms with Gasteiger partial charge in [-0.1, -0.05) is 6.07 Å². The molecule has 3 heteroatoms. The minimum absolute atomic E-state index is 0.480. The van der Waals surface area contributed by atoms with Crippen molar-refractivity contribution < 1.29 is 0 Å². The van der Waals surface area contributed by atoms with Gasteiger partial charge in [0.2, 0.25) is 0 Å². The summed E-state index contributed by atoms with van der Waals surface area (Å²) in [6.45, 7) is 3.77. The minimum Gasteiger partial charge on any atom is -0.344 e. The Hall–Kier alpha value is -1.35. The molecule has 0 amide bonds. The molecule has 0 atom stereocenters. The van der Waals surface area contributed by atoms with E-state index in [4.69, 9.17) is 5.41 Å². The Balaban J connectivity index is 2.24. The fraction of sp³-hybridized carbons (Fsp3) is 0.364. The fourth-order valence-corrected chi connectivity index (χ4v) is 1.77. The number of hydrogen-bond donors (Lipinski definition) is 3. The lowest BCUT2D eigenvalue weighted by Gasteiger charge is -2.18. The van der Waals surface area contributed by atoms with Crippen LogP contribution in [-0.4, -0.2) is 12.4 Å². The van der Waals surface area contributed by atoms with Crippen molar-refractivity contribution in [2.75, 3.05) is 11.9 Å². The van der Waals surface area contributed by atoms with Gasteiger partial charge in [0.05, 0.1) is 5.84 Å². The zero-order chi connectivity index (χ0) is 9.97. The molecule has 0 saturated carbocycles. The van der Waals surface area contributed by atoms with Crippen LogP contribution in [0.3, 0.4) is 0 Å². The second kappa shape index (κ2) is 3.80. The summed E-state index contributed by atoms with van der Waals surface area (Å²) >= 11 is 0. The zero-order valence-corrected chi connectivity index (χ0v) is 8.35. The van der Waals surface area contributed by atoms with Crippen molar-refractivity contribution >= 4 is 11.5 Å². The van der Waals surface area contributed by atoms with Gasteiger partial charge in [0.25, 0.3) is 0 Å². The maximum atomic E-state index is 7.35. The van der Waals surface area contributed by atoms with Crippen LogP contribution in [0.1, 0.15) is 18.1 Å². The molecule has 3 N–H and O–H groups in total. The minimum atomic E-state index is 0.480. The highest BCUT2D eigenvalue weighted by Gasteiger charge is 2.08. The van der Waals surface area contributed by atoms with Gasteiger partial charge in [0.15, 0.2) is 0 Å². The van der Waals surface area contributed by atoms with E-state index in [2.05, 4.69) is 22.8 Å². The van der Waals surface area contributed by atoms with Gasteiger partial charge in [-0.15, -0.1) is 0 Å². The van der Waals surface area contributed by atoms with E-state index in [9.17, 15) is 0 Å². The van der Waals surface area contributed by atoms with Crippen LogP contribution < -0.4 is 10.6 Å². The highest BCUT2D eigenvalue weighted by molar-refractivity contribution is 5.91. The van der Waals surface area contributed by atoms with E-state index in [1.807, 2.05) is 6.07 Å². The molecule has 0 unspecified atom stereocenters. The third kappa shape index (κ3) is 1.93. The lowest BCUT2D eigenvalue weighted by atomic mass is 10.0. The summed E-state index contributed by atoms with van der Waals surface area (Å²) in [6.07, 6.45) is 1.11. The number of nitrogens with one attached hydrogen (secondary N) is 3. The Bertz CT molecular complexity index is 358. The quantitative estimate of drug-likeness (QED) is 0.465. The van der Waals surface area contributed by atoms with E-state index in [1.165, 1.54) is 11.1 Å². The van der Waals surface area contributed by atoms with Crippen molar-refractivity contribution in [3.63, 3.8) is 0 Å². The SMILES string of the molecule is CC(=N)Nc1ccc2c(c1)CNCC2. The van der Waals surface area contributed by atoms with Gasteiger partial charge in [-0.25, -0.2) is 0 Å². The van der Waals surface area contributed by atoms with Gasteiger partial charge in [-0.05, 0) is 43.1 Å². The summed E-state index contributed by atoms with van der Waals surface area (Å²) in [5, 5.41) is 13.7. The zero-order valence-electron chi connectivity index (χ0n) is 8.35. The first kappa shape index (κ1) is 9.21. The summed E-state index contributed by atoms with van der Waals surface area (Å²) in [5.41, 5.74) is 3.79. The number of hydrogen-bond acceptors (Lipinski definition) is 2. The average molecular weight is 189 g/mol. The molecule has 0 fully saturated rings. The molecule has 0 spiro atoms. The highest BCUT2D eigenvalue weighted by atomic mass is 14.9. The molecule has 1 aromatic rings. The van der Waals surface area contributed by atoms with Crippen molar-refractivity contribution in [1.29, 1.82) is 5.41 Å². The summed E-state index contributed by atoms with van der Waals surface area (Å²) in [5.74, 6) is 0.480. The van der Waals surface area contributed by atoms with Crippen molar-refractivity contribution in [1.82, 2.24) is 5.32 Å². The first-order valence-electron chi connectivity index (χ1n) is 4.90. The van der Waals surface area contributed by atoms with Crippen molar-refractivity contribution in [3.05, 3.63) is 29.3 Å². The van der Waals surface area contributed by atoms with E-state index >= 15 is 0 Å². The Morgan fingerprint density at radius 3 is 3.07 bits per heavy atom. The van der Waals surface area contributed by atoms with Crippen LogP contribution in [-0.2, 0) is 13.0 Å². The molecule has 3 nitrogen and oxygen atoms in total. The Labute approximate surface area is 84.0 Å². The van der Waals surface area contributed by atoms with E-state index < -0.39 is 0 Å². The third-order valence-corrected chi connectivity index (χ3v) is 2.42. The van der Waals surface area contributed by atoms with Crippen LogP contribution in [0.2, 0.25) is 0 Å². The Morgan fingerprint density at radius 2 is 2.29 bits per heavy atom. The van der Waals surface area contributed by atoms with Crippen LogP contribution in [0, 0.1) is 5.41 Å². The van der Waals surface area contributed by atoms with Crippen molar-refractivity contribution in [2.24, 2.45) is 0 Å². The maximum Gasteiger partial charge on any atom is 0.0944 e. The molecule has 0 saturated heterocycles. The Kier molecular flexibility index (Phi) is 2.50. The van der Waals surface area contributed by atoms with Crippen LogP contribution in [0.15, 0.2) is 18.2 Å². The third-order valence-electron chi connectivity index (χ3n) is 2.42. The van der Waals surface area contributed by atoms with E-state index in [1.54, 1.807) is 6.92 Å². The number of fused-ring (bicyclic) bond motifs is 1. The molecule has 0 radical (unpaired) electrons. The summed E-state index contributed by atoms with van der Waals surface area (Å²) < 4.78 is 0. The summed E-state index contributed by atoms with van der Waals surface area (Å²) in [4.78, 5) is 0. The average Bonchev–Trinajstić information content (AvgIpc) is 2.17. The van der Waals surface area contributed by atoms with Crippen LogP contribution in [0.5, 0.6) is 0 Å². The number of benzene rings is 1. The first-order valence-corrected chi connectivity index (χ1v) is 4.90. The van der Waals surface area contributed by atoms with Crippen LogP contribution >= 0.6 is 0 Å². The van der Waals surface area contributed by atoms with Gasteiger partial charge >= 0.3 is 0 Å². The van der Waals surface area contributed by atoms with Crippen LogP contribution in [0.25, 0.3) is 0 Å². The van der Waals surface area contributed by atoms with Crippen LogP contribution in [0.4, 0.5) is 5.69 Å². The summed E-state index contributed by atoms with van der Waals surface area (Å²) in [6, 6.07) is 6.32. The molecular formula is C11H15N3. The monoisotopic (exact) mass is 189 g/mol. The largest absolute Gasteiger partial charge is 0.344 e. The normalized spacial score (nSPS) is 14.6. The topological polar surface area (TPSA) is 47.9 Å². The van der Waals surface area contributed by atoms with Gasteiger partial charge < -0.3 is 10.6 Å².